The smallest absolute Gasteiger partial charge is 0.145 e. The first-order valence-electron chi connectivity index (χ1n) is 5.16. The van der Waals surface area contributed by atoms with Crippen LogP contribution in [0.2, 0.25) is 0 Å². The van der Waals surface area contributed by atoms with Crippen molar-refractivity contribution in [3.8, 4) is 5.75 Å². The van der Waals surface area contributed by atoms with E-state index in [1.54, 1.807) is 30.1 Å². The fourth-order valence-corrected chi connectivity index (χ4v) is 3.26. The first-order valence-corrected chi connectivity index (χ1v) is 7.28. The summed E-state index contributed by atoms with van der Waals surface area (Å²) in [7, 11) is 2.16. The summed E-state index contributed by atoms with van der Waals surface area (Å²) in [4.78, 5) is 0.648. The molecule has 0 aliphatic heterocycles. The van der Waals surface area contributed by atoms with Gasteiger partial charge in [-0.3, -0.25) is 4.21 Å². The van der Waals surface area contributed by atoms with Gasteiger partial charge in [-0.1, -0.05) is 15.9 Å². The van der Waals surface area contributed by atoms with Crippen molar-refractivity contribution in [3.63, 3.8) is 0 Å². The van der Waals surface area contributed by atoms with Gasteiger partial charge in [0.05, 0.1) is 28.6 Å². The van der Waals surface area contributed by atoms with Crippen molar-refractivity contribution in [1.29, 1.82) is 0 Å². The van der Waals surface area contributed by atoms with E-state index in [2.05, 4.69) is 26.1 Å². The summed E-state index contributed by atoms with van der Waals surface area (Å²) in [5, 5.41) is 7.69. The maximum absolute atomic E-state index is 12.3. The number of ether oxygens (including phenoxy) is 1. The molecule has 0 radical (unpaired) electrons. The molecule has 1 aromatic carbocycles. The fraction of sp³-hybridized carbons (Fsp3) is 0.273. The average molecular weight is 330 g/mol. The molecular weight excluding hydrogens is 318 g/mol. The molecule has 7 heteroatoms. The molecule has 18 heavy (non-hydrogen) atoms. The van der Waals surface area contributed by atoms with Gasteiger partial charge in [0, 0.05) is 11.5 Å². The van der Waals surface area contributed by atoms with E-state index in [1.807, 2.05) is 13.1 Å². The zero-order valence-corrected chi connectivity index (χ0v) is 12.4. The highest BCUT2D eigenvalue weighted by atomic mass is 79.9. The Kier molecular flexibility index (Phi) is 4.13. The second-order valence-electron chi connectivity index (χ2n) is 3.64. The van der Waals surface area contributed by atoms with Crippen LogP contribution in [0.3, 0.4) is 0 Å². The van der Waals surface area contributed by atoms with Crippen LogP contribution in [0.25, 0.3) is 0 Å². The van der Waals surface area contributed by atoms with Crippen molar-refractivity contribution < 1.29 is 8.95 Å². The van der Waals surface area contributed by atoms with E-state index in [4.69, 9.17) is 4.74 Å². The molecule has 96 valence electrons. The van der Waals surface area contributed by atoms with Crippen LogP contribution >= 0.6 is 15.9 Å². The maximum atomic E-state index is 12.3. The van der Waals surface area contributed by atoms with Crippen LogP contribution in [-0.4, -0.2) is 26.1 Å². The van der Waals surface area contributed by atoms with E-state index in [0.29, 0.717) is 22.2 Å². The van der Waals surface area contributed by atoms with Gasteiger partial charge in [-0.15, -0.1) is 10.2 Å². The number of aryl methyl sites for hydroxylation is 1. The third kappa shape index (κ3) is 2.78. The zero-order valence-electron chi connectivity index (χ0n) is 9.96. The lowest BCUT2D eigenvalue weighted by molar-refractivity contribution is 0.404. The van der Waals surface area contributed by atoms with Crippen LogP contribution < -0.4 is 4.74 Å². The van der Waals surface area contributed by atoms with Gasteiger partial charge >= 0.3 is 0 Å². The normalized spacial score (nSPS) is 12.4. The van der Waals surface area contributed by atoms with E-state index >= 15 is 0 Å². The molecule has 0 bridgehead atoms. The average Bonchev–Trinajstić information content (AvgIpc) is 2.75. The molecule has 0 aliphatic carbocycles. The Bertz CT molecular complexity index is 585. The van der Waals surface area contributed by atoms with Crippen LogP contribution in [0, 0.1) is 0 Å². The monoisotopic (exact) mass is 329 g/mol. The van der Waals surface area contributed by atoms with Crippen molar-refractivity contribution in [3.05, 3.63) is 34.8 Å². The Morgan fingerprint density at radius 3 is 2.89 bits per heavy atom. The zero-order chi connectivity index (χ0) is 13.1. The van der Waals surface area contributed by atoms with E-state index in [9.17, 15) is 4.21 Å². The third-order valence-corrected chi connectivity index (χ3v) is 4.26. The second kappa shape index (κ2) is 5.62. The van der Waals surface area contributed by atoms with Gasteiger partial charge < -0.3 is 9.30 Å². The molecule has 1 heterocycles. The largest absolute Gasteiger partial charge is 0.495 e. The Morgan fingerprint density at radius 2 is 2.28 bits per heavy atom. The van der Waals surface area contributed by atoms with Crippen LogP contribution in [0.5, 0.6) is 5.75 Å². The molecule has 5 nitrogen and oxygen atoms in total. The van der Waals surface area contributed by atoms with Gasteiger partial charge in [-0.05, 0) is 18.2 Å². The standard InChI is InChI=1S/C11H12BrN3O2S/c1-15-7-13-14-11(15)6-18(16)10-5-8(12)3-4-9(10)17-2/h3-5,7H,6H2,1-2H3/t18-/m0/s1. The second-order valence-corrected chi connectivity index (χ2v) is 5.98. The molecular formula is C11H12BrN3O2S. The molecule has 0 saturated heterocycles. The lowest BCUT2D eigenvalue weighted by Gasteiger charge is -2.08. The molecule has 0 unspecified atom stereocenters. The van der Waals surface area contributed by atoms with Crippen LogP contribution in [-0.2, 0) is 23.6 Å². The fourth-order valence-electron chi connectivity index (χ4n) is 1.46. The molecule has 2 aromatic rings. The van der Waals surface area contributed by atoms with Crippen molar-refractivity contribution in [2.24, 2.45) is 7.05 Å². The molecule has 0 saturated carbocycles. The Morgan fingerprint density at radius 1 is 1.50 bits per heavy atom. The van der Waals surface area contributed by atoms with E-state index in [-0.39, 0.29) is 0 Å². The highest BCUT2D eigenvalue weighted by Gasteiger charge is 2.14. The molecule has 1 aromatic heterocycles. The van der Waals surface area contributed by atoms with Crippen molar-refractivity contribution >= 4 is 26.7 Å². The van der Waals surface area contributed by atoms with Gasteiger partial charge in [-0.2, -0.15) is 0 Å². The number of methoxy groups -OCH3 is 1. The highest BCUT2D eigenvalue weighted by Crippen LogP contribution is 2.27. The van der Waals surface area contributed by atoms with E-state index < -0.39 is 10.8 Å². The summed E-state index contributed by atoms with van der Waals surface area (Å²) in [6, 6.07) is 5.43. The number of aromatic nitrogens is 3. The van der Waals surface area contributed by atoms with Gasteiger partial charge in [0.2, 0.25) is 0 Å². The van der Waals surface area contributed by atoms with Crippen LogP contribution in [0.4, 0.5) is 0 Å². The number of benzene rings is 1. The van der Waals surface area contributed by atoms with Crippen molar-refractivity contribution in [2.45, 2.75) is 10.6 Å². The number of hydrogen-bond acceptors (Lipinski definition) is 4. The first kappa shape index (κ1) is 13.2. The van der Waals surface area contributed by atoms with Crippen molar-refractivity contribution in [1.82, 2.24) is 14.8 Å². The Labute approximate surface area is 116 Å². The molecule has 0 amide bonds. The molecule has 0 N–H and O–H groups in total. The van der Waals surface area contributed by atoms with Gasteiger partial charge in [-0.25, -0.2) is 0 Å². The topological polar surface area (TPSA) is 57.0 Å². The SMILES string of the molecule is COc1ccc(Br)cc1[S@@](=O)Cc1nncn1C. The van der Waals surface area contributed by atoms with E-state index in [0.717, 1.165) is 4.47 Å². The summed E-state index contributed by atoms with van der Waals surface area (Å²) in [6.07, 6.45) is 1.59. The quantitative estimate of drug-likeness (QED) is 0.859. The predicted octanol–water partition coefficient (Wildman–Crippen LogP) is 1.89. The van der Waals surface area contributed by atoms with Gasteiger partial charge in [0.1, 0.15) is 17.9 Å². The first-order chi connectivity index (χ1) is 8.61. The summed E-state index contributed by atoms with van der Waals surface area (Å²) in [5.41, 5.74) is 0. The molecule has 2 rings (SSSR count). The Balaban J connectivity index is 2.29. The summed E-state index contributed by atoms with van der Waals surface area (Å²) >= 11 is 3.36. The summed E-state index contributed by atoms with van der Waals surface area (Å²) < 4.78 is 20.2. The maximum Gasteiger partial charge on any atom is 0.145 e. The van der Waals surface area contributed by atoms with Gasteiger partial charge in [0.25, 0.3) is 0 Å². The molecule has 0 spiro atoms. The number of nitrogens with zero attached hydrogens (tertiary/aromatic N) is 3. The minimum absolute atomic E-state index is 0.309. The lowest BCUT2D eigenvalue weighted by atomic mass is 10.3. The predicted molar refractivity (Wildman–Crippen MR) is 71.8 cm³/mol. The minimum Gasteiger partial charge on any atom is -0.495 e. The summed E-state index contributed by atoms with van der Waals surface area (Å²) in [5.74, 6) is 1.60. The lowest BCUT2D eigenvalue weighted by Crippen LogP contribution is -2.04. The van der Waals surface area contributed by atoms with E-state index in [1.165, 1.54) is 0 Å². The van der Waals surface area contributed by atoms with Crippen LogP contribution in [0.1, 0.15) is 5.82 Å². The number of rotatable bonds is 4. The molecule has 1 atom stereocenters. The summed E-state index contributed by atoms with van der Waals surface area (Å²) in [6.45, 7) is 0. The number of hydrogen-bond donors (Lipinski definition) is 0. The molecule has 0 fully saturated rings. The van der Waals surface area contributed by atoms with Crippen LogP contribution in [0.15, 0.2) is 33.9 Å². The third-order valence-electron chi connectivity index (χ3n) is 2.44. The Hall–Kier alpha value is -1.21. The minimum atomic E-state index is -1.22. The number of halogens is 1. The molecule has 0 aliphatic rings. The van der Waals surface area contributed by atoms with Crippen molar-refractivity contribution in [2.75, 3.05) is 7.11 Å². The van der Waals surface area contributed by atoms with Gasteiger partial charge in [0.15, 0.2) is 0 Å². The highest BCUT2D eigenvalue weighted by molar-refractivity contribution is 9.10.